The summed E-state index contributed by atoms with van der Waals surface area (Å²) in [4.78, 5) is 14.7. The predicted octanol–water partition coefficient (Wildman–Crippen LogP) is 2.68. The molecule has 27 heavy (non-hydrogen) atoms. The minimum absolute atomic E-state index is 0.0481. The van der Waals surface area contributed by atoms with Crippen LogP contribution in [0, 0.1) is 6.92 Å². The number of nitrogens with one attached hydrogen (secondary N) is 1. The van der Waals surface area contributed by atoms with Crippen molar-refractivity contribution in [3.05, 3.63) is 66.0 Å². The van der Waals surface area contributed by atoms with Crippen molar-refractivity contribution >= 4 is 5.91 Å². The first-order valence-electron chi connectivity index (χ1n) is 9.24. The molecule has 138 valence electrons. The summed E-state index contributed by atoms with van der Waals surface area (Å²) in [7, 11) is 0. The van der Waals surface area contributed by atoms with Crippen molar-refractivity contribution in [1.82, 2.24) is 25.2 Å². The van der Waals surface area contributed by atoms with Crippen molar-refractivity contribution in [3.8, 4) is 16.8 Å². The van der Waals surface area contributed by atoms with Crippen LogP contribution < -0.4 is 5.32 Å². The molecule has 1 atom stereocenters. The van der Waals surface area contributed by atoms with E-state index in [1.54, 1.807) is 4.68 Å². The minimum Gasteiger partial charge on any atom is -0.334 e. The third kappa shape index (κ3) is 3.48. The molecule has 6 heteroatoms. The van der Waals surface area contributed by atoms with Gasteiger partial charge in [0.1, 0.15) is 0 Å². The van der Waals surface area contributed by atoms with Crippen LogP contribution in [0.4, 0.5) is 0 Å². The van der Waals surface area contributed by atoms with Gasteiger partial charge in [0.15, 0.2) is 5.69 Å². The summed E-state index contributed by atoms with van der Waals surface area (Å²) < 4.78 is 1.73. The molecule has 6 nitrogen and oxygen atoms in total. The zero-order valence-electron chi connectivity index (χ0n) is 15.6. The highest BCUT2D eigenvalue weighted by molar-refractivity contribution is 5.93. The van der Waals surface area contributed by atoms with Gasteiger partial charge in [-0.1, -0.05) is 47.7 Å². The molecule has 1 saturated heterocycles. The van der Waals surface area contributed by atoms with Gasteiger partial charge in [0.25, 0.3) is 5.91 Å². The number of nitrogens with zero attached hydrogens (tertiary/aromatic N) is 4. The van der Waals surface area contributed by atoms with Crippen LogP contribution in [0.3, 0.4) is 0 Å². The zero-order valence-corrected chi connectivity index (χ0v) is 15.6. The Morgan fingerprint density at radius 3 is 2.48 bits per heavy atom. The molecular weight excluding hydrogens is 338 g/mol. The zero-order chi connectivity index (χ0) is 18.8. The summed E-state index contributed by atoms with van der Waals surface area (Å²) >= 11 is 0. The van der Waals surface area contributed by atoms with E-state index in [0.717, 1.165) is 23.5 Å². The molecule has 0 bridgehead atoms. The maximum Gasteiger partial charge on any atom is 0.276 e. The molecule has 1 amide bonds. The summed E-state index contributed by atoms with van der Waals surface area (Å²) in [6.45, 7) is 6.17. The van der Waals surface area contributed by atoms with Crippen molar-refractivity contribution in [1.29, 1.82) is 0 Å². The van der Waals surface area contributed by atoms with Gasteiger partial charge in [-0.2, -0.15) is 0 Å². The van der Waals surface area contributed by atoms with Crippen LogP contribution in [0.1, 0.15) is 23.1 Å². The minimum atomic E-state index is -0.0481. The van der Waals surface area contributed by atoms with Gasteiger partial charge in [-0.15, -0.1) is 5.10 Å². The maximum atomic E-state index is 12.8. The number of rotatable bonds is 3. The smallest absolute Gasteiger partial charge is 0.276 e. The van der Waals surface area contributed by atoms with Gasteiger partial charge in [0, 0.05) is 25.7 Å². The van der Waals surface area contributed by atoms with Crippen LogP contribution in [-0.4, -0.2) is 51.5 Å². The fraction of sp³-hybridized carbons (Fsp3) is 0.286. The fourth-order valence-electron chi connectivity index (χ4n) is 3.46. The summed E-state index contributed by atoms with van der Waals surface area (Å²) in [6, 6.07) is 18.7. The van der Waals surface area contributed by atoms with E-state index in [4.69, 9.17) is 0 Å². The van der Waals surface area contributed by atoms with E-state index in [1.165, 1.54) is 5.56 Å². The van der Waals surface area contributed by atoms with E-state index < -0.39 is 0 Å². The molecule has 2 heterocycles. The molecule has 0 aliphatic carbocycles. The highest BCUT2D eigenvalue weighted by atomic mass is 16.2. The van der Waals surface area contributed by atoms with Crippen molar-refractivity contribution in [3.63, 3.8) is 0 Å². The summed E-state index contributed by atoms with van der Waals surface area (Å²) in [5.41, 5.74) is 4.40. The quantitative estimate of drug-likeness (QED) is 0.779. The number of piperazine rings is 1. The van der Waals surface area contributed by atoms with Gasteiger partial charge >= 0.3 is 0 Å². The van der Waals surface area contributed by atoms with Crippen LogP contribution in [0.5, 0.6) is 0 Å². The molecule has 0 radical (unpaired) electrons. The van der Waals surface area contributed by atoms with E-state index >= 15 is 0 Å². The van der Waals surface area contributed by atoms with Crippen LogP contribution in [0.2, 0.25) is 0 Å². The Morgan fingerprint density at radius 2 is 1.78 bits per heavy atom. The van der Waals surface area contributed by atoms with Gasteiger partial charge in [-0.25, -0.2) is 4.68 Å². The molecule has 1 fully saturated rings. The molecule has 1 aliphatic rings. The third-order valence-electron chi connectivity index (χ3n) is 4.97. The Balaban J connectivity index is 1.58. The van der Waals surface area contributed by atoms with Crippen LogP contribution >= 0.6 is 0 Å². The standard InChI is InChI=1S/C21H23N5O/c1-15-14-25(13-12-22-15)21(27)20-16(2)26(24-23-20)19-10-8-18(9-11-19)17-6-4-3-5-7-17/h3-11,15,22H,12-14H2,1-2H3. The number of benzene rings is 2. The summed E-state index contributed by atoms with van der Waals surface area (Å²) in [6.07, 6.45) is 0. The molecule has 1 N–H and O–H groups in total. The van der Waals surface area contributed by atoms with E-state index in [-0.39, 0.29) is 5.91 Å². The second kappa shape index (κ2) is 7.32. The number of hydrogen-bond acceptors (Lipinski definition) is 4. The Hall–Kier alpha value is -2.99. The van der Waals surface area contributed by atoms with Crippen molar-refractivity contribution in [2.24, 2.45) is 0 Å². The van der Waals surface area contributed by atoms with E-state index in [0.29, 0.717) is 24.8 Å². The van der Waals surface area contributed by atoms with Crippen molar-refractivity contribution in [2.45, 2.75) is 19.9 Å². The topological polar surface area (TPSA) is 63.1 Å². The van der Waals surface area contributed by atoms with Crippen molar-refractivity contribution in [2.75, 3.05) is 19.6 Å². The summed E-state index contributed by atoms with van der Waals surface area (Å²) in [5.74, 6) is -0.0481. The lowest BCUT2D eigenvalue weighted by Crippen LogP contribution is -2.51. The molecule has 1 unspecified atom stereocenters. The first-order valence-corrected chi connectivity index (χ1v) is 9.24. The molecule has 2 aromatic carbocycles. The van der Waals surface area contributed by atoms with E-state index in [9.17, 15) is 4.79 Å². The summed E-state index contributed by atoms with van der Waals surface area (Å²) in [5, 5.41) is 11.7. The SMILES string of the molecule is Cc1c(C(=O)N2CCNC(C)C2)nnn1-c1ccc(-c2ccccc2)cc1. The molecular formula is C21H23N5O. The largest absolute Gasteiger partial charge is 0.334 e. The van der Waals surface area contributed by atoms with Gasteiger partial charge in [0.2, 0.25) is 0 Å². The fourth-order valence-corrected chi connectivity index (χ4v) is 3.46. The van der Waals surface area contributed by atoms with Gasteiger partial charge in [-0.05, 0) is 37.1 Å². The number of carbonyl (C=O) groups excluding carboxylic acids is 1. The number of amides is 1. The lowest BCUT2D eigenvalue weighted by molar-refractivity contribution is 0.0702. The highest BCUT2D eigenvalue weighted by Crippen LogP contribution is 2.21. The van der Waals surface area contributed by atoms with Gasteiger partial charge in [0.05, 0.1) is 11.4 Å². The molecule has 4 rings (SSSR count). The predicted molar refractivity (Wildman–Crippen MR) is 105 cm³/mol. The number of aromatic nitrogens is 3. The molecule has 0 spiro atoms. The molecule has 3 aromatic rings. The Labute approximate surface area is 158 Å². The van der Waals surface area contributed by atoms with E-state index in [1.807, 2.05) is 42.2 Å². The second-order valence-electron chi connectivity index (χ2n) is 6.95. The van der Waals surface area contributed by atoms with Crippen LogP contribution in [-0.2, 0) is 0 Å². The van der Waals surface area contributed by atoms with Crippen LogP contribution in [0.15, 0.2) is 54.6 Å². The lowest BCUT2D eigenvalue weighted by Gasteiger charge is -2.31. The second-order valence-corrected chi connectivity index (χ2v) is 6.95. The normalized spacial score (nSPS) is 17.1. The Bertz CT molecular complexity index is 933. The molecule has 1 aliphatic heterocycles. The van der Waals surface area contributed by atoms with Gasteiger partial charge in [-0.3, -0.25) is 4.79 Å². The highest BCUT2D eigenvalue weighted by Gasteiger charge is 2.26. The average Bonchev–Trinajstić information content (AvgIpc) is 3.09. The maximum absolute atomic E-state index is 12.8. The number of hydrogen-bond donors (Lipinski definition) is 1. The van der Waals surface area contributed by atoms with E-state index in [2.05, 4.69) is 46.8 Å². The van der Waals surface area contributed by atoms with Crippen LogP contribution in [0.25, 0.3) is 16.8 Å². The third-order valence-corrected chi connectivity index (χ3v) is 4.97. The lowest BCUT2D eigenvalue weighted by atomic mass is 10.1. The van der Waals surface area contributed by atoms with Crippen molar-refractivity contribution < 1.29 is 4.79 Å². The van der Waals surface area contributed by atoms with Gasteiger partial charge < -0.3 is 10.2 Å². The molecule has 0 saturated carbocycles. The average molecular weight is 361 g/mol. The molecule has 1 aromatic heterocycles. The number of carbonyl (C=O) groups is 1. The Morgan fingerprint density at radius 1 is 1.07 bits per heavy atom. The Kier molecular flexibility index (Phi) is 4.73. The monoisotopic (exact) mass is 361 g/mol. The first kappa shape index (κ1) is 17.4. The first-order chi connectivity index (χ1) is 13.1.